The highest BCUT2D eigenvalue weighted by molar-refractivity contribution is 5.82. The molecule has 2 rings (SSSR count). The van der Waals surface area contributed by atoms with Gasteiger partial charge in [0.1, 0.15) is 5.82 Å². The summed E-state index contributed by atoms with van der Waals surface area (Å²) in [6.07, 6.45) is 0. The molecule has 1 unspecified atom stereocenters. The maximum absolute atomic E-state index is 10.7. The summed E-state index contributed by atoms with van der Waals surface area (Å²) >= 11 is 0. The molecule has 1 heterocycles. The third-order valence-electron chi connectivity index (χ3n) is 2.63. The van der Waals surface area contributed by atoms with E-state index in [-0.39, 0.29) is 11.7 Å². The molecule has 0 radical (unpaired) electrons. The Bertz CT molecular complexity index is 585. The molecule has 0 aliphatic carbocycles. The van der Waals surface area contributed by atoms with E-state index in [2.05, 4.69) is 10.3 Å². The van der Waals surface area contributed by atoms with Gasteiger partial charge in [-0.05, 0) is 25.1 Å². The van der Waals surface area contributed by atoms with Gasteiger partial charge in [0.15, 0.2) is 0 Å². The van der Waals surface area contributed by atoms with Gasteiger partial charge in [-0.1, -0.05) is 0 Å². The van der Waals surface area contributed by atoms with Crippen molar-refractivity contribution < 1.29 is 4.92 Å². The van der Waals surface area contributed by atoms with Gasteiger partial charge in [0.2, 0.25) is 0 Å². The predicted octanol–water partition coefficient (Wildman–Crippen LogP) is 1.90. The van der Waals surface area contributed by atoms with E-state index < -0.39 is 4.92 Å². The first-order chi connectivity index (χ1) is 8.60. The van der Waals surface area contributed by atoms with E-state index in [4.69, 9.17) is 5.73 Å². The third-order valence-corrected chi connectivity index (χ3v) is 2.63. The maximum Gasteiger partial charge on any atom is 0.270 e. The van der Waals surface area contributed by atoms with Crippen molar-refractivity contribution in [3.63, 3.8) is 0 Å². The van der Waals surface area contributed by atoms with Gasteiger partial charge in [0, 0.05) is 30.1 Å². The highest BCUT2D eigenvalue weighted by Crippen LogP contribution is 2.21. The van der Waals surface area contributed by atoms with Gasteiger partial charge in [0.05, 0.1) is 10.4 Å². The lowest BCUT2D eigenvalue weighted by Gasteiger charge is -2.12. The number of aromatic nitrogens is 1. The summed E-state index contributed by atoms with van der Waals surface area (Å²) in [6, 6.07) is 8.34. The molecular formula is C12H14N4O2. The van der Waals surface area contributed by atoms with Crippen LogP contribution in [0.25, 0.3) is 10.9 Å². The summed E-state index contributed by atoms with van der Waals surface area (Å²) in [6.45, 7) is 2.47. The zero-order valence-electron chi connectivity index (χ0n) is 9.96. The van der Waals surface area contributed by atoms with Gasteiger partial charge in [-0.25, -0.2) is 4.98 Å². The Morgan fingerprint density at radius 3 is 2.89 bits per heavy atom. The number of nitrogens with two attached hydrogens (primary N) is 1. The molecule has 1 atom stereocenters. The van der Waals surface area contributed by atoms with Crippen molar-refractivity contribution in [1.82, 2.24) is 4.98 Å². The smallest absolute Gasteiger partial charge is 0.270 e. The molecule has 0 bridgehead atoms. The van der Waals surface area contributed by atoms with E-state index >= 15 is 0 Å². The van der Waals surface area contributed by atoms with Crippen LogP contribution in [0.2, 0.25) is 0 Å². The number of anilines is 1. The molecule has 0 saturated heterocycles. The van der Waals surface area contributed by atoms with Crippen LogP contribution in [0.5, 0.6) is 0 Å². The van der Waals surface area contributed by atoms with Crippen LogP contribution in [0.3, 0.4) is 0 Å². The minimum Gasteiger partial charge on any atom is -0.366 e. The van der Waals surface area contributed by atoms with Crippen molar-refractivity contribution >= 4 is 22.4 Å². The molecule has 18 heavy (non-hydrogen) atoms. The topological polar surface area (TPSA) is 94.1 Å². The second-order valence-corrected chi connectivity index (χ2v) is 4.11. The highest BCUT2D eigenvalue weighted by atomic mass is 16.6. The Morgan fingerprint density at radius 2 is 2.22 bits per heavy atom. The van der Waals surface area contributed by atoms with Gasteiger partial charge >= 0.3 is 0 Å². The van der Waals surface area contributed by atoms with Crippen molar-refractivity contribution in [1.29, 1.82) is 0 Å². The second-order valence-electron chi connectivity index (χ2n) is 4.11. The molecule has 0 saturated carbocycles. The molecule has 0 fully saturated rings. The van der Waals surface area contributed by atoms with E-state index in [1.54, 1.807) is 18.2 Å². The van der Waals surface area contributed by atoms with E-state index in [1.165, 1.54) is 12.1 Å². The minimum atomic E-state index is -0.415. The average molecular weight is 246 g/mol. The Balaban J connectivity index is 2.35. The lowest BCUT2D eigenvalue weighted by Crippen LogP contribution is -2.25. The van der Waals surface area contributed by atoms with Gasteiger partial charge in [-0.15, -0.1) is 0 Å². The summed E-state index contributed by atoms with van der Waals surface area (Å²) in [5.74, 6) is 0.717. The van der Waals surface area contributed by atoms with Gasteiger partial charge < -0.3 is 11.1 Å². The minimum absolute atomic E-state index is 0.0698. The number of benzene rings is 1. The first kappa shape index (κ1) is 12.3. The number of hydrogen-bond donors (Lipinski definition) is 2. The van der Waals surface area contributed by atoms with Gasteiger partial charge in [0.25, 0.3) is 5.69 Å². The molecule has 1 aromatic heterocycles. The zero-order valence-corrected chi connectivity index (χ0v) is 9.96. The van der Waals surface area contributed by atoms with Crippen LogP contribution >= 0.6 is 0 Å². The largest absolute Gasteiger partial charge is 0.366 e. The lowest BCUT2D eigenvalue weighted by molar-refractivity contribution is -0.384. The highest BCUT2D eigenvalue weighted by Gasteiger charge is 2.07. The van der Waals surface area contributed by atoms with Gasteiger partial charge in [-0.3, -0.25) is 10.1 Å². The Hall–Kier alpha value is -2.21. The molecule has 94 valence electrons. The van der Waals surface area contributed by atoms with Crippen LogP contribution in [0.1, 0.15) is 6.92 Å². The number of hydrogen-bond acceptors (Lipinski definition) is 5. The quantitative estimate of drug-likeness (QED) is 0.634. The van der Waals surface area contributed by atoms with Crippen LogP contribution in [0, 0.1) is 10.1 Å². The van der Waals surface area contributed by atoms with Crippen molar-refractivity contribution in [2.24, 2.45) is 5.73 Å². The maximum atomic E-state index is 10.7. The number of pyridine rings is 1. The fourth-order valence-electron chi connectivity index (χ4n) is 1.62. The molecule has 0 aliphatic heterocycles. The normalized spacial score (nSPS) is 12.3. The SMILES string of the molecule is CC(CN)Nc1ccc2cc([N+](=O)[O-])ccc2n1. The fourth-order valence-corrected chi connectivity index (χ4v) is 1.62. The number of fused-ring (bicyclic) bond motifs is 1. The number of nitro benzene ring substituents is 1. The molecule has 6 nitrogen and oxygen atoms in total. The van der Waals surface area contributed by atoms with Crippen molar-refractivity contribution in [2.75, 3.05) is 11.9 Å². The summed E-state index contributed by atoms with van der Waals surface area (Å²) in [4.78, 5) is 14.6. The third kappa shape index (κ3) is 2.54. The monoisotopic (exact) mass is 246 g/mol. The van der Waals surface area contributed by atoms with Crippen LogP contribution < -0.4 is 11.1 Å². The average Bonchev–Trinajstić information content (AvgIpc) is 2.37. The summed E-state index contributed by atoms with van der Waals surface area (Å²) in [7, 11) is 0. The molecule has 0 amide bonds. The van der Waals surface area contributed by atoms with Crippen molar-refractivity contribution in [3.8, 4) is 0 Å². The lowest BCUT2D eigenvalue weighted by atomic mass is 10.2. The number of nitro groups is 1. The van der Waals surface area contributed by atoms with Gasteiger partial charge in [-0.2, -0.15) is 0 Å². The van der Waals surface area contributed by atoms with Crippen LogP contribution in [0.4, 0.5) is 11.5 Å². The fraction of sp³-hybridized carbons (Fsp3) is 0.250. The predicted molar refractivity (Wildman–Crippen MR) is 70.5 cm³/mol. The first-order valence-electron chi connectivity index (χ1n) is 5.62. The zero-order chi connectivity index (χ0) is 13.1. The summed E-state index contributed by atoms with van der Waals surface area (Å²) < 4.78 is 0. The molecule has 6 heteroatoms. The second kappa shape index (κ2) is 4.97. The van der Waals surface area contributed by atoms with E-state index in [1.807, 2.05) is 6.92 Å². The Labute approximate surface area is 104 Å². The molecule has 2 aromatic rings. The standard InChI is InChI=1S/C12H14N4O2/c1-8(7-13)14-12-5-2-9-6-10(16(17)18)3-4-11(9)15-12/h2-6,8H,7,13H2,1H3,(H,14,15). The van der Waals surface area contributed by atoms with Crippen molar-refractivity contribution in [2.45, 2.75) is 13.0 Å². The van der Waals surface area contributed by atoms with E-state index in [0.717, 1.165) is 10.9 Å². The molecular weight excluding hydrogens is 232 g/mol. The van der Waals surface area contributed by atoms with Crippen LogP contribution in [-0.4, -0.2) is 22.5 Å². The molecule has 3 N–H and O–H groups in total. The van der Waals surface area contributed by atoms with Crippen LogP contribution in [0.15, 0.2) is 30.3 Å². The molecule has 0 aliphatic rings. The van der Waals surface area contributed by atoms with Crippen LogP contribution in [-0.2, 0) is 0 Å². The van der Waals surface area contributed by atoms with E-state index in [0.29, 0.717) is 12.4 Å². The number of nitrogens with zero attached hydrogens (tertiary/aromatic N) is 2. The number of rotatable bonds is 4. The van der Waals surface area contributed by atoms with E-state index in [9.17, 15) is 10.1 Å². The summed E-state index contributed by atoms with van der Waals surface area (Å²) in [5.41, 5.74) is 6.31. The molecule has 1 aromatic carbocycles. The first-order valence-corrected chi connectivity index (χ1v) is 5.62. The molecule has 0 spiro atoms. The Kier molecular flexibility index (Phi) is 3.38. The number of nitrogens with one attached hydrogen (secondary N) is 1. The van der Waals surface area contributed by atoms with Crippen molar-refractivity contribution in [3.05, 3.63) is 40.4 Å². The number of non-ortho nitro benzene ring substituents is 1. The Morgan fingerprint density at radius 1 is 1.44 bits per heavy atom. The summed E-state index contributed by atoms with van der Waals surface area (Å²) in [5, 5.41) is 14.6.